The molecule has 0 bridgehead atoms. The lowest BCUT2D eigenvalue weighted by atomic mass is 10.1. The van der Waals surface area contributed by atoms with Crippen LogP contribution in [0, 0.1) is 0 Å². The third-order valence-corrected chi connectivity index (χ3v) is 2.98. The number of hydrogen-bond donors (Lipinski definition) is 1. The molecule has 0 radical (unpaired) electrons. The lowest BCUT2D eigenvalue weighted by Gasteiger charge is -2.02. The van der Waals surface area contributed by atoms with E-state index in [2.05, 4.69) is 12.2 Å². The maximum absolute atomic E-state index is 11.6. The summed E-state index contributed by atoms with van der Waals surface area (Å²) in [5.41, 5.74) is 1.52. The fraction of sp³-hybridized carbons (Fsp3) is 0.312. The first-order valence-corrected chi connectivity index (χ1v) is 6.92. The molecule has 0 amide bonds. The van der Waals surface area contributed by atoms with Crippen LogP contribution in [0.1, 0.15) is 30.0 Å². The zero-order valence-electron chi connectivity index (χ0n) is 11.9. The van der Waals surface area contributed by atoms with Gasteiger partial charge in [-0.1, -0.05) is 12.1 Å². The van der Waals surface area contributed by atoms with Gasteiger partial charge in [-0.3, -0.25) is 0 Å². The zero-order chi connectivity index (χ0) is 14.4. The molecule has 2 rings (SSSR count). The Morgan fingerprint density at radius 2 is 1.90 bits per heavy atom. The summed E-state index contributed by atoms with van der Waals surface area (Å²) in [7, 11) is 0. The van der Waals surface area contributed by atoms with Crippen molar-refractivity contribution in [3.63, 3.8) is 0 Å². The molecule has 1 aromatic carbocycles. The largest absolute Gasteiger partial charge is 0.462 e. The van der Waals surface area contributed by atoms with Gasteiger partial charge in [-0.2, -0.15) is 0 Å². The normalized spacial score (nSPS) is 10.5. The van der Waals surface area contributed by atoms with E-state index in [4.69, 9.17) is 9.15 Å². The van der Waals surface area contributed by atoms with Crippen molar-refractivity contribution < 1.29 is 19.3 Å². The molecule has 1 aromatic heterocycles. The number of furan rings is 1. The summed E-state index contributed by atoms with van der Waals surface area (Å²) >= 11 is 0. The molecule has 0 unspecified atom stereocenters. The van der Waals surface area contributed by atoms with Gasteiger partial charge in [-0.05, 0) is 38.1 Å². The molecule has 0 aliphatic heterocycles. The summed E-state index contributed by atoms with van der Waals surface area (Å²) in [6.07, 6.45) is 0. The Balaban J connectivity index is 2.09. The van der Waals surface area contributed by atoms with E-state index in [1.54, 1.807) is 19.1 Å². The first-order valence-electron chi connectivity index (χ1n) is 6.92. The average molecular weight is 274 g/mol. The van der Waals surface area contributed by atoms with Crippen molar-refractivity contribution in [3.05, 3.63) is 47.7 Å². The molecule has 0 atom stereocenters. The van der Waals surface area contributed by atoms with E-state index in [0.29, 0.717) is 12.2 Å². The molecular weight excluding hydrogens is 254 g/mol. The molecule has 0 saturated carbocycles. The summed E-state index contributed by atoms with van der Waals surface area (Å²) in [5, 5.41) is 2.17. The smallest absolute Gasteiger partial charge is 0.338 e. The van der Waals surface area contributed by atoms with Crippen molar-refractivity contribution in [3.8, 4) is 11.3 Å². The van der Waals surface area contributed by atoms with Crippen LogP contribution in [0.25, 0.3) is 11.3 Å². The molecular formula is C16H20NO3+. The van der Waals surface area contributed by atoms with Crippen LogP contribution in [0.15, 0.2) is 40.8 Å². The van der Waals surface area contributed by atoms with Crippen LogP contribution in [-0.2, 0) is 11.3 Å². The lowest BCUT2D eigenvalue weighted by Crippen LogP contribution is -2.81. The van der Waals surface area contributed by atoms with Gasteiger partial charge in [-0.15, -0.1) is 0 Å². The van der Waals surface area contributed by atoms with Crippen LogP contribution < -0.4 is 5.32 Å². The molecule has 2 N–H and O–H groups in total. The van der Waals surface area contributed by atoms with Crippen molar-refractivity contribution in [2.45, 2.75) is 20.4 Å². The van der Waals surface area contributed by atoms with Crippen LogP contribution in [0.4, 0.5) is 0 Å². The van der Waals surface area contributed by atoms with Gasteiger partial charge in [0.15, 0.2) is 5.76 Å². The number of esters is 1. The Hall–Kier alpha value is -2.07. The van der Waals surface area contributed by atoms with Gasteiger partial charge in [0.2, 0.25) is 0 Å². The Kier molecular flexibility index (Phi) is 4.96. The van der Waals surface area contributed by atoms with Crippen LogP contribution in [0.3, 0.4) is 0 Å². The molecule has 0 aliphatic carbocycles. The van der Waals surface area contributed by atoms with Gasteiger partial charge in [0.25, 0.3) is 0 Å². The maximum atomic E-state index is 11.6. The molecule has 106 valence electrons. The van der Waals surface area contributed by atoms with Gasteiger partial charge in [0.05, 0.1) is 18.7 Å². The number of ether oxygens (including phenoxy) is 1. The fourth-order valence-corrected chi connectivity index (χ4v) is 1.91. The zero-order valence-corrected chi connectivity index (χ0v) is 11.9. The maximum Gasteiger partial charge on any atom is 0.338 e. The number of carbonyl (C=O) groups is 1. The predicted molar refractivity (Wildman–Crippen MR) is 76.3 cm³/mol. The van der Waals surface area contributed by atoms with Crippen LogP contribution in [0.5, 0.6) is 0 Å². The van der Waals surface area contributed by atoms with Crippen LogP contribution in [0.2, 0.25) is 0 Å². The summed E-state index contributed by atoms with van der Waals surface area (Å²) in [4.78, 5) is 11.6. The van der Waals surface area contributed by atoms with Crippen molar-refractivity contribution in [1.82, 2.24) is 0 Å². The number of rotatable bonds is 6. The molecule has 4 heteroatoms. The molecule has 20 heavy (non-hydrogen) atoms. The Labute approximate surface area is 118 Å². The number of carbonyl (C=O) groups excluding carboxylic acids is 1. The van der Waals surface area contributed by atoms with E-state index >= 15 is 0 Å². The molecule has 0 saturated heterocycles. The number of hydrogen-bond acceptors (Lipinski definition) is 3. The van der Waals surface area contributed by atoms with E-state index in [-0.39, 0.29) is 5.97 Å². The minimum atomic E-state index is -0.295. The van der Waals surface area contributed by atoms with Gasteiger partial charge in [0.1, 0.15) is 12.3 Å². The number of nitrogens with two attached hydrogens (primary N) is 1. The van der Waals surface area contributed by atoms with Gasteiger partial charge < -0.3 is 14.5 Å². The second-order valence-corrected chi connectivity index (χ2v) is 4.46. The molecule has 1 heterocycles. The van der Waals surface area contributed by atoms with Gasteiger partial charge in [-0.25, -0.2) is 4.79 Å². The first kappa shape index (κ1) is 14.3. The lowest BCUT2D eigenvalue weighted by molar-refractivity contribution is -0.669. The topological polar surface area (TPSA) is 56.0 Å². The number of benzene rings is 1. The summed E-state index contributed by atoms with van der Waals surface area (Å²) in [5.74, 6) is 1.48. The number of quaternary nitrogens is 1. The minimum Gasteiger partial charge on any atom is -0.462 e. The fourth-order valence-electron chi connectivity index (χ4n) is 1.91. The Morgan fingerprint density at radius 3 is 2.55 bits per heavy atom. The molecule has 0 fully saturated rings. The highest BCUT2D eigenvalue weighted by atomic mass is 16.5. The summed E-state index contributed by atoms with van der Waals surface area (Å²) in [6, 6.07) is 11.2. The molecule has 4 nitrogen and oxygen atoms in total. The highest BCUT2D eigenvalue weighted by Gasteiger charge is 2.09. The van der Waals surface area contributed by atoms with Crippen LogP contribution in [-0.4, -0.2) is 19.1 Å². The summed E-state index contributed by atoms with van der Waals surface area (Å²) < 4.78 is 10.7. The predicted octanol–water partition coefficient (Wildman–Crippen LogP) is 2.21. The summed E-state index contributed by atoms with van der Waals surface area (Å²) in [6.45, 7) is 6.17. The highest BCUT2D eigenvalue weighted by molar-refractivity contribution is 5.89. The Morgan fingerprint density at radius 1 is 1.15 bits per heavy atom. The minimum absolute atomic E-state index is 0.295. The van der Waals surface area contributed by atoms with E-state index in [1.807, 2.05) is 24.3 Å². The van der Waals surface area contributed by atoms with E-state index in [9.17, 15) is 4.79 Å². The second kappa shape index (κ2) is 6.91. The van der Waals surface area contributed by atoms with E-state index in [0.717, 1.165) is 30.2 Å². The van der Waals surface area contributed by atoms with E-state index < -0.39 is 0 Å². The third kappa shape index (κ3) is 3.48. The third-order valence-electron chi connectivity index (χ3n) is 2.98. The van der Waals surface area contributed by atoms with Gasteiger partial charge >= 0.3 is 5.97 Å². The Bertz CT molecular complexity index is 557. The monoisotopic (exact) mass is 274 g/mol. The average Bonchev–Trinajstić information content (AvgIpc) is 2.94. The molecule has 0 aliphatic rings. The van der Waals surface area contributed by atoms with Crippen LogP contribution >= 0.6 is 0 Å². The van der Waals surface area contributed by atoms with E-state index in [1.165, 1.54) is 0 Å². The van der Waals surface area contributed by atoms with Crippen molar-refractivity contribution in [2.75, 3.05) is 13.2 Å². The van der Waals surface area contributed by atoms with Crippen molar-refractivity contribution in [2.24, 2.45) is 0 Å². The SMILES string of the molecule is CC[NH2+]Cc1ccc(-c2ccc(C(=O)OCC)cc2)o1. The highest BCUT2D eigenvalue weighted by Crippen LogP contribution is 2.22. The standard InChI is InChI=1S/C16H19NO3/c1-3-17-11-14-9-10-15(20-14)12-5-7-13(8-6-12)16(18)19-4-2/h5-10,17H,3-4,11H2,1-2H3/p+1. The van der Waals surface area contributed by atoms with Gasteiger partial charge in [0, 0.05) is 5.56 Å². The van der Waals surface area contributed by atoms with Crippen molar-refractivity contribution >= 4 is 5.97 Å². The van der Waals surface area contributed by atoms with Crippen molar-refractivity contribution in [1.29, 1.82) is 0 Å². The first-order chi connectivity index (χ1) is 9.74. The second-order valence-electron chi connectivity index (χ2n) is 4.46. The molecule has 0 spiro atoms. The quantitative estimate of drug-likeness (QED) is 0.822. The molecule has 2 aromatic rings.